The van der Waals surface area contributed by atoms with Gasteiger partial charge in [-0.2, -0.15) is 0 Å². The highest BCUT2D eigenvalue weighted by atomic mass is 16.3. The number of rotatable bonds is 3. The van der Waals surface area contributed by atoms with Gasteiger partial charge in [0.25, 0.3) is 0 Å². The van der Waals surface area contributed by atoms with Gasteiger partial charge in [-0.3, -0.25) is 4.79 Å². The van der Waals surface area contributed by atoms with Crippen LogP contribution in [0.4, 0.5) is 0 Å². The van der Waals surface area contributed by atoms with Crippen molar-refractivity contribution in [1.29, 1.82) is 0 Å². The lowest BCUT2D eigenvalue weighted by atomic mass is 9.97. The van der Waals surface area contributed by atoms with E-state index in [1.54, 1.807) is 0 Å². The lowest BCUT2D eigenvalue weighted by molar-refractivity contribution is -0.118. The number of fused-ring (bicyclic) bond motifs is 1. The first-order valence-electron chi connectivity index (χ1n) is 7.24. The summed E-state index contributed by atoms with van der Waals surface area (Å²) < 4.78 is 5.56. The third-order valence-electron chi connectivity index (χ3n) is 4.04. The average Bonchev–Trinajstić information content (AvgIpc) is 3.04. The summed E-state index contributed by atoms with van der Waals surface area (Å²) in [5, 5.41) is 3.02. The van der Waals surface area contributed by atoms with Crippen molar-refractivity contribution in [2.75, 3.05) is 0 Å². The number of benzene rings is 1. The van der Waals surface area contributed by atoms with Crippen molar-refractivity contribution in [3.05, 3.63) is 64.6 Å². The number of amides is 1. The Kier molecular flexibility index (Phi) is 3.42. The molecule has 1 amide bonds. The van der Waals surface area contributed by atoms with Crippen LogP contribution in [0, 0.1) is 6.92 Å². The third kappa shape index (κ3) is 2.51. The van der Waals surface area contributed by atoms with Gasteiger partial charge in [0, 0.05) is 11.5 Å². The van der Waals surface area contributed by atoms with Crippen LogP contribution >= 0.6 is 0 Å². The maximum Gasteiger partial charge on any atom is 0.248 e. The molecule has 0 bridgehead atoms. The Bertz CT molecular complexity index is 712. The highest BCUT2D eigenvalue weighted by Crippen LogP contribution is 2.35. The van der Waals surface area contributed by atoms with Gasteiger partial charge in [0.1, 0.15) is 11.5 Å². The molecule has 3 nitrogen and oxygen atoms in total. The topological polar surface area (TPSA) is 42.2 Å². The zero-order valence-electron chi connectivity index (χ0n) is 12.5. The molecule has 1 aromatic heterocycles. The number of carbonyl (C=O) groups excluding carboxylic acids is 1. The second kappa shape index (κ2) is 5.24. The predicted octanol–water partition coefficient (Wildman–Crippen LogP) is 3.97. The number of carbonyl (C=O) groups is 1. The summed E-state index contributed by atoms with van der Waals surface area (Å²) in [6, 6.07) is 11.8. The van der Waals surface area contributed by atoms with E-state index in [0.29, 0.717) is 0 Å². The molecule has 1 N–H and O–H groups in total. The molecule has 0 unspecified atom stereocenters. The molecule has 1 aromatic carbocycles. The molecule has 1 heterocycles. The van der Waals surface area contributed by atoms with E-state index in [4.69, 9.17) is 4.42 Å². The Balaban J connectivity index is 1.75. The molecule has 108 valence electrons. The van der Waals surface area contributed by atoms with Crippen molar-refractivity contribution in [3.8, 4) is 0 Å². The van der Waals surface area contributed by atoms with Crippen LogP contribution in [-0.2, 0) is 4.79 Å². The van der Waals surface area contributed by atoms with E-state index in [-0.39, 0.29) is 17.9 Å². The molecular formula is C18H19NO2. The molecule has 3 rings (SSSR count). The fraction of sp³-hybridized carbons (Fsp3) is 0.278. The van der Waals surface area contributed by atoms with Crippen molar-refractivity contribution in [1.82, 2.24) is 5.32 Å². The Hall–Kier alpha value is -2.29. The lowest BCUT2D eigenvalue weighted by Crippen LogP contribution is -2.28. The average molecular weight is 281 g/mol. The van der Waals surface area contributed by atoms with Gasteiger partial charge in [-0.25, -0.2) is 0 Å². The summed E-state index contributed by atoms with van der Waals surface area (Å²) in [7, 11) is 0. The van der Waals surface area contributed by atoms with Gasteiger partial charge in [-0.05, 0) is 43.2 Å². The molecule has 21 heavy (non-hydrogen) atoms. The molecule has 1 aliphatic rings. The second-order valence-corrected chi connectivity index (χ2v) is 5.59. The summed E-state index contributed by atoms with van der Waals surface area (Å²) in [5.41, 5.74) is 3.16. The zero-order valence-corrected chi connectivity index (χ0v) is 12.5. The van der Waals surface area contributed by atoms with Crippen molar-refractivity contribution < 1.29 is 9.21 Å². The van der Waals surface area contributed by atoms with Gasteiger partial charge in [-0.15, -0.1) is 0 Å². The lowest BCUT2D eigenvalue weighted by Gasteiger charge is -2.15. The molecule has 2 aromatic rings. The smallest absolute Gasteiger partial charge is 0.248 e. The van der Waals surface area contributed by atoms with Crippen molar-refractivity contribution in [2.24, 2.45) is 0 Å². The maximum atomic E-state index is 12.5. The van der Waals surface area contributed by atoms with E-state index < -0.39 is 0 Å². The summed E-state index contributed by atoms with van der Waals surface area (Å²) >= 11 is 0. The summed E-state index contributed by atoms with van der Waals surface area (Å²) in [5.74, 6) is 1.74. The van der Waals surface area contributed by atoms with E-state index in [0.717, 1.165) is 22.7 Å². The minimum absolute atomic E-state index is 0.0275. The molecule has 0 saturated carbocycles. The zero-order chi connectivity index (χ0) is 15.0. The maximum absolute atomic E-state index is 12.5. The fourth-order valence-corrected chi connectivity index (χ4v) is 2.80. The van der Waals surface area contributed by atoms with Gasteiger partial charge in [-0.1, -0.05) is 31.2 Å². The molecule has 0 aliphatic heterocycles. The van der Waals surface area contributed by atoms with E-state index in [9.17, 15) is 4.79 Å². The summed E-state index contributed by atoms with van der Waals surface area (Å²) in [6.45, 7) is 5.90. The molecule has 0 spiro atoms. The number of hydrogen-bond donors (Lipinski definition) is 1. The normalized spacial score (nSPS) is 18.0. The van der Waals surface area contributed by atoms with Crippen LogP contribution in [0.3, 0.4) is 0 Å². The van der Waals surface area contributed by atoms with Crippen LogP contribution in [-0.4, -0.2) is 5.91 Å². The standard InChI is InChI=1S/C18H19NO2/c1-11-8-9-17(21-11)13(3)19-18(20)16-10-14-6-4-5-7-15(14)12(16)2/h4-10,12-13H,1-3H3,(H,19,20)/t12-,13+/m1/s1. The van der Waals surface area contributed by atoms with E-state index in [2.05, 4.69) is 18.3 Å². The monoisotopic (exact) mass is 281 g/mol. The molecule has 0 radical (unpaired) electrons. The Labute approximate surface area is 124 Å². The first-order valence-corrected chi connectivity index (χ1v) is 7.24. The first-order chi connectivity index (χ1) is 10.1. The number of nitrogens with one attached hydrogen (secondary N) is 1. The van der Waals surface area contributed by atoms with Crippen molar-refractivity contribution in [2.45, 2.75) is 32.7 Å². The van der Waals surface area contributed by atoms with E-state index in [1.807, 2.05) is 50.3 Å². The minimum Gasteiger partial charge on any atom is -0.464 e. The Morgan fingerprint density at radius 2 is 2.00 bits per heavy atom. The fourth-order valence-electron chi connectivity index (χ4n) is 2.80. The van der Waals surface area contributed by atoms with Crippen molar-refractivity contribution in [3.63, 3.8) is 0 Å². The molecule has 2 atom stereocenters. The van der Waals surface area contributed by atoms with Crippen LogP contribution in [0.1, 0.15) is 48.5 Å². The van der Waals surface area contributed by atoms with Crippen LogP contribution < -0.4 is 5.32 Å². The summed E-state index contributed by atoms with van der Waals surface area (Å²) in [6.07, 6.45) is 1.98. The van der Waals surface area contributed by atoms with E-state index in [1.165, 1.54) is 5.56 Å². The minimum atomic E-state index is -0.136. The first kappa shape index (κ1) is 13.7. The summed E-state index contributed by atoms with van der Waals surface area (Å²) in [4.78, 5) is 12.5. The molecular weight excluding hydrogens is 262 g/mol. The van der Waals surface area contributed by atoms with Crippen LogP contribution in [0.25, 0.3) is 6.08 Å². The van der Waals surface area contributed by atoms with Crippen LogP contribution in [0.5, 0.6) is 0 Å². The molecule has 0 fully saturated rings. The van der Waals surface area contributed by atoms with Gasteiger partial charge in [0.2, 0.25) is 5.91 Å². The van der Waals surface area contributed by atoms with Gasteiger partial charge >= 0.3 is 0 Å². The second-order valence-electron chi connectivity index (χ2n) is 5.59. The van der Waals surface area contributed by atoms with Gasteiger partial charge in [0.05, 0.1) is 6.04 Å². The largest absolute Gasteiger partial charge is 0.464 e. The van der Waals surface area contributed by atoms with E-state index >= 15 is 0 Å². The van der Waals surface area contributed by atoms with Gasteiger partial charge in [0.15, 0.2) is 0 Å². The Morgan fingerprint density at radius 3 is 2.67 bits per heavy atom. The number of aryl methyl sites for hydroxylation is 1. The molecule has 3 heteroatoms. The number of furan rings is 1. The molecule has 0 saturated heterocycles. The predicted molar refractivity (Wildman–Crippen MR) is 82.8 cm³/mol. The third-order valence-corrected chi connectivity index (χ3v) is 4.04. The van der Waals surface area contributed by atoms with Crippen molar-refractivity contribution >= 4 is 12.0 Å². The number of hydrogen-bond acceptors (Lipinski definition) is 2. The van der Waals surface area contributed by atoms with Crippen LogP contribution in [0.15, 0.2) is 46.4 Å². The molecule has 1 aliphatic carbocycles. The quantitative estimate of drug-likeness (QED) is 0.925. The highest BCUT2D eigenvalue weighted by molar-refractivity contribution is 6.01. The highest BCUT2D eigenvalue weighted by Gasteiger charge is 2.27. The van der Waals surface area contributed by atoms with Gasteiger partial charge < -0.3 is 9.73 Å². The van der Waals surface area contributed by atoms with Crippen LogP contribution in [0.2, 0.25) is 0 Å². The SMILES string of the molecule is Cc1ccc([C@H](C)NC(=O)C2=Cc3ccccc3[C@H]2C)o1. The Morgan fingerprint density at radius 1 is 1.24 bits per heavy atom.